The van der Waals surface area contributed by atoms with Crippen LogP contribution in [0, 0.1) is 0 Å². The lowest BCUT2D eigenvalue weighted by Crippen LogP contribution is -2.47. The molecule has 110 valence electrons. The van der Waals surface area contributed by atoms with Crippen molar-refractivity contribution >= 4 is 17.6 Å². The van der Waals surface area contributed by atoms with Crippen molar-refractivity contribution in [3.63, 3.8) is 0 Å². The molecular formula is C14H19N7. The second kappa shape index (κ2) is 5.90. The predicted octanol–water partition coefficient (Wildman–Crippen LogP) is 0.659. The Morgan fingerprint density at radius 1 is 0.905 bits per heavy atom. The number of piperazine rings is 1. The summed E-state index contributed by atoms with van der Waals surface area (Å²) < 4.78 is 0. The first kappa shape index (κ1) is 13.5. The summed E-state index contributed by atoms with van der Waals surface area (Å²) >= 11 is 0. The Labute approximate surface area is 124 Å². The first-order valence-electron chi connectivity index (χ1n) is 7.00. The summed E-state index contributed by atoms with van der Waals surface area (Å²) in [6.07, 6.45) is 5.18. The van der Waals surface area contributed by atoms with Crippen LogP contribution in [0.15, 0.2) is 30.9 Å². The van der Waals surface area contributed by atoms with Crippen molar-refractivity contribution in [3.05, 3.63) is 30.9 Å². The molecule has 0 spiro atoms. The monoisotopic (exact) mass is 285 g/mol. The van der Waals surface area contributed by atoms with E-state index in [4.69, 9.17) is 0 Å². The molecule has 1 aliphatic rings. The lowest BCUT2D eigenvalue weighted by molar-refractivity contribution is 0.634. The molecule has 0 unspecified atom stereocenters. The van der Waals surface area contributed by atoms with Crippen LogP contribution >= 0.6 is 0 Å². The summed E-state index contributed by atoms with van der Waals surface area (Å²) in [5, 5.41) is 0. The summed E-state index contributed by atoms with van der Waals surface area (Å²) in [6.45, 7) is 3.60. The van der Waals surface area contributed by atoms with E-state index in [9.17, 15) is 0 Å². The van der Waals surface area contributed by atoms with Gasteiger partial charge in [-0.1, -0.05) is 0 Å². The summed E-state index contributed by atoms with van der Waals surface area (Å²) in [7, 11) is 3.97. The molecule has 1 aliphatic heterocycles. The van der Waals surface area contributed by atoms with Crippen molar-refractivity contribution in [3.8, 4) is 0 Å². The Kier molecular flexibility index (Phi) is 3.81. The topological polar surface area (TPSA) is 61.3 Å². The number of hydrogen-bond donors (Lipinski definition) is 0. The summed E-state index contributed by atoms with van der Waals surface area (Å²) in [5.74, 6) is 2.70. The van der Waals surface area contributed by atoms with Gasteiger partial charge in [-0.05, 0) is 6.07 Å². The van der Waals surface area contributed by atoms with Crippen LogP contribution in [0.2, 0.25) is 0 Å². The van der Waals surface area contributed by atoms with Gasteiger partial charge in [0.15, 0.2) is 0 Å². The molecule has 2 aromatic rings. The Morgan fingerprint density at radius 2 is 1.57 bits per heavy atom. The van der Waals surface area contributed by atoms with Crippen LogP contribution in [0.3, 0.4) is 0 Å². The molecule has 1 saturated heterocycles. The minimum absolute atomic E-state index is 0.800. The Bertz CT molecular complexity index is 579. The van der Waals surface area contributed by atoms with Gasteiger partial charge < -0.3 is 14.7 Å². The SMILES string of the molecule is CN(C)c1cc(N2CCN(c3ncccn3)CC2)ncn1. The number of rotatable bonds is 3. The third-order valence-electron chi connectivity index (χ3n) is 3.54. The van der Waals surface area contributed by atoms with Crippen molar-refractivity contribution in [2.45, 2.75) is 0 Å². The highest BCUT2D eigenvalue weighted by molar-refractivity contribution is 5.50. The molecule has 7 nitrogen and oxygen atoms in total. The average Bonchev–Trinajstić information content (AvgIpc) is 2.56. The van der Waals surface area contributed by atoms with Gasteiger partial charge in [-0.2, -0.15) is 0 Å². The van der Waals surface area contributed by atoms with Gasteiger partial charge in [-0.25, -0.2) is 19.9 Å². The van der Waals surface area contributed by atoms with Crippen molar-refractivity contribution < 1.29 is 0 Å². The maximum absolute atomic E-state index is 4.38. The van der Waals surface area contributed by atoms with Crippen LogP contribution in [0.1, 0.15) is 0 Å². The maximum Gasteiger partial charge on any atom is 0.225 e. The highest BCUT2D eigenvalue weighted by atomic mass is 15.3. The fourth-order valence-corrected chi connectivity index (χ4v) is 2.34. The highest BCUT2D eigenvalue weighted by Crippen LogP contribution is 2.18. The fourth-order valence-electron chi connectivity index (χ4n) is 2.34. The van der Waals surface area contributed by atoms with Crippen LogP contribution in [0.25, 0.3) is 0 Å². The lowest BCUT2D eigenvalue weighted by atomic mass is 10.3. The molecule has 0 radical (unpaired) electrons. The minimum Gasteiger partial charge on any atom is -0.363 e. The van der Waals surface area contributed by atoms with E-state index in [0.29, 0.717) is 0 Å². The second-order valence-corrected chi connectivity index (χ2v) is 5.15. The number of aromatic nitrogens is 4. The van der Waals surface area contributed by atoms with Crippen molar-refractivity contribution in [1.29, 1.82) is 0 Å². The molecule has 0 amide bonds. The Balaban J connectivity index is 1.67. The van der Waals surface area contributed by atoms with E-state index < -0.39 is 0 Å². The van der Waals surface area contributed by atoms with Gasteiger partial charge in [0, 0.05) is 58.7 Å². The summed E-state index contributed by atoms with van der Waals surface area (Å²) in [6, 6.07) is 3.86. The smallest absolute Gasteiger partial charge is 0.225 e. The molecule has 3 rings (SSSR count). The third kappa shape index (κ3) is 3.01. The maximum atomic E-state index is 4.38. The van der Waals surface area contributed by atoms with E-state index in [1.54, 1.807) is 18.7 Å². The minimum atomic E-state index is 0.800. The number of anilines is 3. The summed E-state index contributed by atoms with van der Waals surface area (Å²) in [4.78, 5) is 23.7. The van der Waals surface area contributed by atoms with Crippen molar-refractivity contribution in [2.24, 2.45) is 0 Å². The van der Waals surface area contributed by atoms with Gasteiger partial charge in [0.25, 0.3) is 0 Å². The van der Waals surface area contributed by atoms with E-state index in [1.165, 1.54) is 0 Å². The molecule has 7 heteroatoms. The third-order valence-corrected chi connectivity index (χ3v) is 3.54. The zero-order valence-electron chi connectivity index (χ0n) is 12.3. The second-order valence-electron chi connectivity index (χ2n) is 5.15. The molecule has 0 aromatic carbocycles. The fraction of sp³-hybridized carbons (Fsp3) is 0.429. The van der Waals surface area contributed by atoms with E-state index in [1.807, 2.05) is 31.1 Å². The van der Waals surface area contributed by atoms with E-state index in [2.05, 4.69) is 29.7 Å². The normalized spacial score (nSPS) is 15.1. The average molecular weight is 285 g/mol. The first-order valence-corrected chi connectivity index (χ1v) is 7.00. The number of nitrogens with zero attached hydrogens (tertiary/aromatic N) is 7. The largest absolute Gasteiger partial charge is 0.363 e. The molecule has 2 aromatic heterocycles. The molecule has 0 bridgehead atoms. The zero-order valence-corrected chi connectivity index (χ0v) is 12.3. The molecule has 0 N–H and O–H groups in total. The van der Waals surface area contributed by atoms with Gasteiger partial charge >= 0.3 is 0 Å². The van der Waals surface area contributed by atoms with Crippen LogP contribution in [-0.4, -0.2) is 60.2 Å². The zero-order chi connectivity index (χ0) is 14.7. The van der Waals surface area contributed by atoms with E-state index in [0.717, 1.165) is 43.8 Å². The van der Waals surface area contributed by atoms with Gasteiger partial charge in [0.1, 0.15) is 18.0 Å². The van der Waals surface area contributed by atoms with Gasteiger partial charge in [-0.15, -0.1) is 0 Å². The molecule has 1 fully saturated rings. The molecular weight excluding hydrogens is 266 g/mol. The van der Waals surface area contributed by atoms with E-state index in [-0.39, 0.29) is 0 Å². The van der Waals surface area contributed by atoms with Crippen LogP contribution in [-0.2, 0) is 0 Å². The quantitative estimate of drug-likeness (QED) is 0.821. The van der Waals surface area contributed by atoms with Gasteiger partial charge in [-0.3, -0.25) is 0 Å². The van der Waals surface area contributed by atoms with Gasteiger partial charge in [0.05, 0.1) is 0 Å². The van der Waals surface area contributed by atoms with Crippen molar-refractivity contribution in [1.82, 2.24) is 19.9 Å². The Morgan fingerprint density at radius 3 is 2.24 bits per heavy atom. The number of hydrogen-bond acceptors (Lipinski definition) is 7. The van der Waals surface area contributed by atoms with Crippen molar-refractivity contribution in [2.75, 3.05) is 55.0 Å². The molecule has 0 aliphatic carbocycles. The molecule has 21 heavy (non-hydrogen) atoms. The van der Waals surface area contributed by atoms with Crippen LogP contribution < -0.4 is 14.7 Å². The summed E-state index contributed by atoms with van der Waals surface area (Å²) in [5.41, 5.74) is 0. The molecule has 0 atom stereocenters. The van der Waals surface area contributed by atoms with E-state index >= 15 is 0 Å². The van der Waals surface area contributed by atoms with Gasteiger partial charge in [0.2, 0.25) is 5.95 Å². The van der Waals surface area contributed by atoms with Crippen LogP contribution in [0.5, 0.6) is 0 Å². The molecule has 3 heterocycles. The highest BCUT2D eigenvalue weighted by Gasteiger charge is 2.20. The Hall–Kier alpha value is -2.44. The first-order chi connectivity index (χ1) is 10.2. The lowest BCUT2D eigenvalue weighted by Gasteiger charge is -2.35. The molecule has 0 saturated carbocycles. The predicted molar refractivity (Wildman–Crippen MR) is 82.8 cm³/mol. The standard InChI is InChI=1S/C14H19N7/c1-19(2)12-10-13(18-11-17-12)20-6-8-21(9-7-20)14-15-4-3-5-16-14/h3-5,10-11H,6-9H2,1-2H3. The van der Waals surface area contributed by atoms with Crippen LogP contribution in [0.4, 0.5) is 17.6 Å².